The lowest BCUT2D eigenvalue weighted by Gasteiger charge is -2.25. The Morgan fingerprint density at radius 3 is 1.01 bits per heavy atom. The summed E-state index contributed by atoms with van der Waals surface area (Å²) in [7, 11) is 0. The van der Waals surface area contributed by atoms with Crippen molar-refractivity contribution in [2.45, 2.75) is 41.5 Å². The number of rotatable bonds is 12. The van der Waals surface area contributed by atoms with Gasteiger partial charge in [0.15, 0.2) is 0 Å². The maximum absolute atomic E-state index is 2.51. The number of nitrogens with zero attached hydrogens (tertiary/aromatic N) is 2. The third kappa shape index (κ3) is 8.93. The van der Waals surface area contributed by atoms with Crippen molar-refractivity contribution in [1.29, 1.82) is 0 Å². The second kappa shape index (κ2) is 19.0. The summed E-state index contributed by atoms with van der Waals surface area (Å²) < 4.78 is 0. The molecule has 0 fully saturated rings. The van der Waals surface area contributed by atoms with E-state index in [-0.39, 0.29) is 6.71 Å². The summed E-state index contributed by atoms with van der Waals surface area (Å²) >= 11 is 3.81. The van der Waals surface area contributed by atoms with Crippen LogP contribution in [0.15, 0.2) is 212 Å². The minimum absolute atomic E-state index is 0.0407. The summed E-state index contributed by atoms with van der Waals surface area (Å²) in [6.45, 7) is 13.7. The van der Waals surface area contributed by atoms with Gasteiger partial charge in [-0.3, -0.25) is 0 Å². The predicted octanol–water partition coefficient (Wildman–Crippen LogP) is 16.1. The van der Waals surface area contributed by atoms with Crippen LogP contribution in [0.2, 0.25) is 0 Å². The molecule has 10 aromatic rings. The molecule has 0 amide bonds. The van der Waals surface area contributed by atoms with Crippen molar-refractivity contribution >= 4 is 79.9 Å². The monoisotopic (exact) mass is 900 g/mol. The number of aryl methyl sites for hydroxylation is 6. The van der Waals surface area contributed by atoms with E-state index in [0.717, 1.165) is 34.1 Å². The quantitative estimate of drug-likeness (QED) is 0.113. The van der Waals surface area contributed by atoms with E-state index in [1.807, 2.05) is 22.7 Å². The molecule has 8 aromatic carbocycles. The van der Waals surface area contributed by atoms with Crippen LogP contribution < -0.4 is 26.2 Å². The van der Waals surface area contributed by atoms with Gasteiger partial charge in [-0.15, -0.1) is 22.7 Å². The van der Waals surface area contributed by atoms with Gasteiger partial charge in [0, 0.05) is 53.6 Å². The molecule has 10 rings (SSSR count). The van der Waals surface area contributed by atoms with Crippen LogP contribution in [0.4, 0.5) is 34.1 Å². The fourth-order valence-corrected chi connectivity index (χ4v) is 12.4. The third-order valence-electron chi connectivity index (χ3n) is 12.8. The molecule has 0 radical (unpaired) electrons. The molecular formula is C62H53BN2S2. The van der Waals surface area contributed by atoms with Gasteiger partial charge in [-0.1, -0.05) is 166 Å². The molecular weight excluding hydrogens is 848 g/mol. The minimum atomic E-state index is 0.0407. The molecule has 67 heavy (non-hydrogen) atoms. The fourth-order valence-electron chi connectivity index (χ4n) is 10.1. The summed E-state index contributed by atoms with van der Waals surface area (Å²) in [5, 5.41) is 0. The number of hydrogen-bond donors (Lipinski definition) is 0. The molecule has 0 saturated heterocycles. The highest BCUT2D eigenvalue weighted by Gasteiger charge is 2.33. The van der Waals surface area contributed by atoms with Crippen molar-refractivity contribution in [2.24, 2.45) is 0 Å². The Hall–Kier alpha value is -7.18. The van der Waals surface area contributed by atoms with Gasteiger partial charge in [-0.2, -0.15) is 0 Å². The number of hydrogen-bond acceptors (Lipinski definition) is 4. The Morgan fingerprint density at radius 1 is 0.313 bits per heavy atom. The first-order valence-corrected chi connectivity index (χ1v) is 24.7. The normalized spacial score (nSPS) is 11.1. The van der Waals surface area contributed by atoms with E-state index >= 15 is 0 Å². The molecule has 0 N–H and O–H groups in total. The molecule has 0 aliphatic heterocycles. The molecule has 2 aromatic heterocycles. The summed E-state index contributed by atoms with van der Waals surface area (Å²) in [6, 6.07) is 77.4. The number of thiophene rings is 2. The zero-order chi connectivity index (χ0) is 46.0. The van der Waals surface area contributed by atoms with Gasteiger partial charge in [-0.25, -0.2) is 0 Å². The highest BCUT2D eigenvalue weighted by Crippen LogP contribution is 2.43. The lowest BCUT2D eigenvalue weighted by Crippen LogP contribution is -2.56. The summed E-state index contributed by atoms with van der Waals surface area (Å²) in [4.78, 5) is 9.77. The second-order valence-corrected chi connectivity index (χ2v) is 19.9. The lowest BCUT2D eigenvalue weighted by atomic mass is 9.34. The molecule has 0 saturated carbocycles. The summed E-state index contributed by atoms with van der Waals surface area (Å²) in [5.41, 5.74) is 21.3. The van der Waals surface area contributed by atoms with Gasteiger partial charge in [-0.05, 0) is 149 Å². The van der Waals surface area contributed by atoms with Crippen LogP contribution in [0, 0.1) is 41.5 Å². The molecule has 0 aliphatic rings. The Bertz CT molecular complexity index is 3100. The van der Waals surface area contributed by atoms with E-state index in [0.29, 0.717) is 0 Å². The standard InChI is InChI=1S/C62H53BN2S2/c1-42-37-44(3)60(45(4)38-42)63(61-46(5)39-43(2)40-47(61)6)56-41-59(49-29-33-55(34-30-49)65(52-23-15-9-16-24-52)53-25-17-10-18-26-53)67-62(56)58-36-35-57(66-58)48-27-31-54(32-28-48)64(50-19-11-7-12-20-50)51-21-13-8-14-22-51/h7-41H,1-6H3. The van der Waals surface area contributed by atoms with Gasteiger partial charge in [0.05, 0.1) is 0 Å². The van der Waals surface area contributed by atoms with E-state index in [1.165, 1.54) is 80.4 Å². The largest absolute Gasteiger partial charge is 0.311 e. The number of benzene rings is 8. The van der Waals surface area contributed by atoms with Crippen LogP contribution in [-0.4, -0.2) is 6.71 Å². The number of anilines is 6. The Labute approximate surface area is 405 Å². The highest BCUT2D eigenvalue weighted by atomic mass is 32.1. The zero-order valence-corrected chi connectivity index (χ0v) is 40.6. The fraction of sp³-hybridized carbons (Fsp3) is 0.0968. The first-order valence-electron chi connectivity index (χ1n) is 23.1. The molecule has 2 nitrogen and oxygen atoms in total. The molecule has 0 bridgehead atoms. The van der Waals surface area contributed by atoms with Crippen molar-refractivity contribution in [1.82, 2.24) is 0 Å². The Balaban J connectivity index is 1.10. The van der Waals surface area contributed by atoms with Crippen molar-refractivity contribution in [3.05, 3.63) is 246 Å². The van der Waals surface area contributed by atoms with Gasteiger partial charge in [0.2, 0.25) is 6.71 Å². The molecule has 326 valence electrons. The predicted molar refractivity (Wildman–Crippen MR) is 294 cm³/mol. The highest BCUT2D eigenvalue weighted by molar-refractivity contribution is 7.27. The van der Waals surface area contributed by atoms with Crippen LogP contribution in [-0.2, 0) is 0 Å². The molecule has 0 unspecified atom stereocenters. The van der Waals surface area contributed by atoms with E-state index < -0.39 is 0 Å². The molecule has 0 spiro atoms. The average molecular weight is 901 g/mol. The van der Waals surface area contributed by atoms with Crippen molar-refractivity contribution in [2.75, 3.05) is 9.80 Å². The Kier molecular flexibility index (Phi) is 12.4. The van der Waals surface area contributed by atoms with Crippen molar-refractivity contribution in [3.8, 4) is 30.6 Å². The van der Waals surface area contributed by atoms with Gasteiger partial charge in [0.25, 0.3) is 0 Å². The molecule has 0 aliphatic carbocycles. The smallest absolute Gasteiger partial charge is 0.244 e. The van der Waals surface area contributed by atoms with Gasteiger partial charge < -0.3 is 9.80 Å². The molecule has 5 heteroatoms. The Morgan fingerprint density at radius 2 is 0.642 bits per heavy atom. The van der Waals surface area contributed by atoms with Crippen LogP contribution in [0.1, 0.15) is 33.4 Å². The van der Waals surface area contributed by atoms with Crippen LogP contribution in [0.25, 0.3) is 30.6 Å². The first kappa shape index (κ1) is 43.7. The van der Waals surface area contributed by atoms with E-state index in [4.69, 9.17) is 0 Å². The van der Waals surface area contributed by atoms with E-state index in [1.54, 1.807) is 0 Å². The topological polar surface area (TPSA) is 6.48 Å². The van der Waals surface area contributed by atoms with Crippen LogP contribution in [0.3, 0.4) is 0 Å². The average Bonchev–Trinajstić information content (AvgIpc) is 4.01. The summed E-state index contributed by atoms with van der Waals surface area (Å²) in [5.74, 6) is 0. The number of para-hydroxylation sites is 4. The van der Waals surface area contributed by atoms with Gasteiger partial charge >= 0.3 is 0 Å². The second-order valence-electron chi connectivity index (χ2n) is 17.7. The van der Waals surface area contributed by atoms with Crippen LogP contribution >= 0.6 is 22.7 Å². The maximum Gasteiger partial charge on any atom is 0.244 e. The van der Waals surface area contributed by atoms with E-state index in [9.17, 15) is 0 Å². The summed E-state index contributed by atoms with van der Waals surface area (Å²) in [6.07, 6.45) is 0. The van der Waals surface area contributed by atoms with E-state index in [2.05, 4.69) is 264 Å². The molecule has 2 heterocycles. The van der Waals surface area contributed by atoms with Crippen molar-refractivity contribution in [3.63, 3.8) is 0 Å². The SMILES string of the molecule is Cc1cc(C)c(B(c2cc(-c3ccc(N(c4ccccc4)c4ccccc4)cc3)sc2-c2ccc(-c3ccc(N(c4ccccc4)c4ccccc4)cc3)s2)c2c(C)cc(C)cc2C)c(C)c1. The lowest BCUT2D eigenvalue weighted by molar-refractivity contribution is 1.28. The van der Waals surface area contributed by atoms with Crippen molar-refractivity contribution < 1.29 is 0 Å². The minimum Gasteiger partial charge on any atom is -0.311 e. The zero-order valence-electron chi connectivity index (χ0n) is 39.0. The maximum atomic E-state index is 2.51. The van der Waals surface area contributed by atoms with Gasteiger partial charge in [0.1, 0.15) is 0 Å². The molecule has 0 atom stereocenters. The first-order chi connectivity index (χ1) is 32.7. The van der Waals surface area contributed by atoms with Crippen LogP contribution in [0.5, 0.6) is 0 Å². The third-order valence-corrected chi connectivity index (χ3v) is 15.3.